The van der Waals surface area contributed by atoms with E-state index in [-0.39, 0.29) is 46.3 Å². The Hall–Kier alpha value is -2.12. The smallest absolute Gasteiger partial charge is 0.480 e. The average molecular weight is 492 g/mol. The molecule has 0 aliphatic rings. The van der Waals surface area contributed by atoms with E-state index in [1.165, 1.54) is 4.90 Å². The van der Waals surface area contributed by atoms with Gasteiger partial charge >= 0.3 is 50.0 Å². The van der Waals surface area contributed by atoms with Gasteiger partial charge in [0.15, 0.2) is 0 Å². The van der Waals surface area contributed by atoms with E-state index in [0.29, 0.717) is 0 Å². The Morgan fingerprint density at radius 2 is 0.607 bits per heavy atom. The minimum atomic E-state index is -1.24. The minimum absolute atomic E-state index is 0. The van der Waals surface area contributed by atoms with Gasteiger partial charge in [-0.3, -0.25) is 38.7 Å². The van der Waals surface area contributed by atoms with Gasteiger partial charge in [0, 0.05) is 26.2 Å². The van der Waals surface area contributed by atoms with Gasteiger partial charge in [0.25, 0.3) is 0 Å². The maximum absolute atomic E-state index is 11.0. The van der Waals surface area contributed by atoms with Crippen LogP contribution in [0.4, 0.5) is 0 Å². The van der Waals surface area contributed by atoms with Crippen molar-refractivity contribution in [1.29, 1.82) is 0 Å². The van der Waals surface area contributed by atoms with Crippen molar-refractivity contribution in [3.63, 3.8) is 0 Å². The number of aliphatic carboxylic acids is 5. The van der Waals surface area contributed by atoms with Crippen molar-refractivity contribution in [2.24, 2.45) is 0 Å². The summed E-state index contributed by atoms with van der Waals surface area (Å²) in [7, 11) is 0. The monoisotopic (exact) mass is 492 g/mol. The van der Waals surface area contributed by atoms with Crippen LogP contribution in [0.3, 0.4) is 0 Å². The van der Waals surface area contributed by atoms with E-state index < -0.39 is 62.6 Å². The molecule has 0 aliphatic carbocycles. The first kappa shape index (κ1) is 28.1. The largest absolute Gasteiger partial charge is 4.00 e. The fourth-order valence-electron chi connectivity index (χ4n) is 2.22. The Balaban J connectivity index is 0. The van der Waals surface area contributed by atoms with Crippen molar-refractivity contribution in [1.82, 2.24) is 14.7 Å². The summed E-state index contributed by atoms with van der Waals surface area (Å²) in [6, 6.07) is 0. The molecule has 0 aromatic heterocycles. The second-order valence-corrected chi connectivity index (χ2v) is 5.67. The molecule has 0 aliphatic heterocycles. The Morgan fingerprint density at radius 1 is 0.429 bits per heavy atom. The molecule has 0 aromatic rings. The first-order valence-corrected chi connectivity index (χ1v) is 7.75. The summed E-state index contributed by atoms with van der Waals surface area (Å²) >= 11 is 0. The van der Waals surface area contributed by atoms with Gasteiger partial charge in [0.1, 0.15) is 0 Å². The zero-order valence-corrected chi connectivity index (χ0v) is 16.7. The summed E-state index contributed by atoms with van der Waals surface area (Å²) in [5.74, 6) is -6.16. The topological polar surface area (TPSA) is 196 Å². The van der Waals surface area contributed by atoms with E-state index in [0.717, 1.165) is 9.80 Å². The fraction of sp³-hybridized carbons (Fsp3) is 0.643. The van der Waals surface area contributed by atoms with Crippen LogP contribution >= 0.6 is 0 Å². The zero-order chi connectivity index (χ0) is 21.0. The number of hydrogen-bond acceptors (Lipinski definition) is 8. The molecule has 5 N–H and O–H groups in total. The zero-order valence-electron chi connectivity index (χ0n) is 14.9. The van der Waals surface area contributed by atoms with Gasteiger partial charge in [0.05, 0.1) is 32.7 Å². The average Bonchev–Trinajstić information content (AvgIpc) is 2.46. The van der Waals surface area contributed by atoms with E-state index >= 15 is 0 Å². The van der Waals surface area contributed by atoms with E-state index in [1.807, 2.05) is 0 Å². The van der Waals surface area contributed by atoms with Crippen LogP contribution in [-0.2, 0) is 44.1 Å². The summed E-state index contributed by atoms with van der Waals surface area (Å²) in [5.41, 5.74) is 0. The van der Waals surface area contributed by atoms with E-state index in [2.05, 4.69) is 0 Å². The van der Waals surface area contributed by atoms with Crippen LogP contribution in [0.15, 0.2) is 0 Å². The van der Waals surface area contributed by atoms with Crippen molar-refractivity contribution < 1.29 is 69.6 Å². The first-order chi connectivity index (χ1) is 12.5. The molecule has 13 nitrogen and oxygen atoms in total. The molecule has 0 saturated carbocycles. The number of nitrogens with zero attached hydrogens (tertiary/aromatic N) is 3. The second kappa shape index (κ2) is 14.9. The molecule has 0 aromatic carbocycles. The van der Waals surface area contributed by atoms with Crippen molar-refractivity contribution in [3.8, 4) is 0 Å². The van der Waals surface area contributed by atoms with Crippen molar-refractivity contribution in [3.05, 3.63) is 0 Å². The molecule has 0 spiro atoms. The van der Waals surface area contributed by atoms with Crippen LogP contribution in [0.2, 0.25) is 0 Å². The summed E-state index contributed by atoms with van der Waals surface area (Å²) in [6.45, 7) is -2.74. The van der Waals surface area contributed by atoms with Crippen molar-refractivity contribution in [2.45, 2.75) is 0 Å². The van der Waals surface area contributed by atoms with Gasteiger partial charge in [-0.1, -0.05) is 0 Å². The normalized spacial score (nSPS) is 10.7. The quantitative estimate of drug-likeness (QED) is 0.150. The van der Waals surface area contributed by atoms with Crippen LogP contribution in [0.1, 0.15) is 0 Å². The third-order valence-electron chi connectivity index (χ3n) is 3.26. The molecule has 0 atom stereocenters. The van der Waals surface area contributed by atoms with Crippen molar-refractivity contribution >= 4 is 29.8 Å². The Kier molecular flexibility index (Phi) is 14.9. The summed E-state index contributed by atoms with van der Waals surface area (Å²) in [4.78, 5) is 57.6. The molecule has 157 valence electrons. The molecule has 0 bridgehead atoms. The van der Waals surface area contributed by atoms with Crippen LogP contribution in [-0.4, -0.2) is 129 Å². The molecule has 0 heterocycles. The molecule has 14 heteroatoms. The number of carboxylic acid groups (broad SMARTS) is 5. The third-order valence-corrected chi connectivity index (χ3v) is 3.26. The maximum Gasteiger partial charge on any atom is 4.00 e. The van der Waals surface area contributed by atoms with Gasteiger partial charge in [0.2, 0.25) is 0 Å². The van der Waals surface area contributed by atoms with E-state index in [4.69, 9.17) is 25.5 Å². The summed E-state index contributed by atoms with van der Waals surface area (Å²) < 4.78 is 0. The van der Waals surface area contributed by atoms with Crippen LogP contribution in [0.25, 0.3) is 0 Å². The summed E-state index contributed by atoms with van der Waals surface area (Å²) in [6.07, 6.45) is 0. The van der Waals surface area contributed by atoms with Gasteiger partial charge in [-0.05, 0) is 0 Å². The standard InChI is InChI=1S/C14H23N3O10.Tc/c18-10(19)5-15(1-3-16(6-11(20)21)7-12(22)23)2-4-17(8-13(24)25)9-14(26)27;/h1-9H2,(H,18,19)(H,20,21)(H,22,23)(H,24,25)(H,26,27);/q;+4/i;1+1. The van der Waals surface area contributed by atoms with Gasteiger partial charge in [-0.15, -0.1) is 0 Å². The van der Waals surface area contributed by atoms with Crippen LogP contribution in [0.5, 0.6) is 0 Å². The molecule has 0 saturated heterocycles. The first-order valence-electron chi connectivity index (χ1n) is 7.75. The number of carboxylic acids is 5. The van der Waals surface area contributed by atoms with E-state index in [9.17, 15) is 24.0 Å². The molecule has 28 heavy (non-hydrogen) atoms. The minimum Gasteiger partial charge on any atom is -0.480 e. The molecular weight excluding hydrogens is 469 g/mol. The molecule has 0 amide bonds. The number of carbonyl (C=O) groups is 5. The van der Waals surface area contributed by atoms with Crippen molar-refractivity contribution in [2.75, 3.05) is 58.9 Å². The number of rotatable bonds is 16. The van der Waals surface area contributed by atoms with Gasteiger partial charge in [-0.25, -0.2) is 0 Å². The predicted octanol–water partition coefficient (Wildman–Crippen LogP) is -2.69. The van der Waals surface area contributed by atoms with Crippen LogP contribution < -0.4 is 0 Å². The molecule has 0 fully saturated rings. The second-order valence-electron chi connectivity index (χ2n) is 5.67. The Labute approximate surface area is 173 Å². The molecular formula is C14H23N3O10Tc+4. The fourth-order valence-corrected chi connectivity index (χ4v) is 2.22. The maximum atomic E-state index is 11.0. The SMILES string of the molecule is O=C(O)CN(CCN(CC(=O)O)CC(=O)O)CCN(CC(=O)O)CC(=O)O.[99Tc+4]. The van der Waals surface area contributed by atoms with Gasteiger partial charge in [-0.2, -0.15) is 0 Å². The third kappa shape index (κ3) is 16.1. The van der Waals surface area contributed by atoms with Crippen LogP contribution in [0, 0.1) is 0 Å². The predicted molar refractivity (Wildman–Crippen MR) is 87.5 cm³/mol. The van der Waals surface area contributed by atoms with E-state index in [1.54, 1.807) is 0 Å². The number of hydrogen-bond donors (Lipinski definition) is 5. The van der Waals surface area contributed by atoms with Gasteiger partial charge < -0.3 is 25.5 Å². The molecule has 0 rings (SSSR count). The molecule has 1 radical (unpaired) electrons. The summed E-state index contributed by atoms with van der Waals surface area (Å²) in [5, 5.41) is 44.1. The Morgan fingerprint density at radius 3 is 0.821 bits per heavy atom. The molecule has 0 unspecified atom stereocenters. The Bertz CT molecular complexity index is 487.